The molecule has 6 nitrogen and oxygen atoms in total. The maximum Gasteiger partial charge on any atom is 0.244 e. The lowest BCUT2D eigenvalue weighted by atomic mass is 10.2. The molecule has 9 heteroatoms. The number of aliphatic imine (C=N–C) groups is 1. The molecular formula is C14H15ClN2O4S2. The van der Waals surface area contributed by atoms with Gasteiger partial charge in [-0.2, -0.15) is 4.99 Å². The second-order valence-electron chi connectivity index (χ2n) is 5.40. The molecule has 0 saturated carbocycles. The van der Waals surface area contributed by atoms with Crippen LogP contribution in [0, 0.1) is 0 Å². The molecule has 2 fully saturated rings. The van der Waals surface area contributed by atoms with Gasteiger partial charge in [0, 0.05) is 17.9 Å². The van der Waals surface area contributed by atoms with E-state index in [4.69, 9.17) is 16.3 Å². The summed E-state index contributed by atoms with van der Waals surface area (Å²) >= 11 is 7.51. The number of thioether (sulfide) groups is 1. The van der Waals surface area contributed by atoms with E-state index >= 15 is 0 Å². The zero-order valence-electron chi connectivity index (χ0n) is 12.5. The third-order valence-electron chi connectivity index (χ3n) is 3.73. The number of sulfone groups is 1. The van der Waals surface area contributed by atoms with Crippen molar-refractivity contribution in [3.63, 3.8) is 0 Å². The molecule has 2 aliphatic heterocycles. The average molecular weight is 375 g/mol. The molecule has 3 rings (SSSR count). The van der Waals surface area contributed by atoms with Gasteiger partial charge in [0.1, 0.15) is 5.75 Å². The van der Waals surface area contributed by atoms with Gasteiger partial charge in [-0.25, -0.2) is 8.42 Å². The quantitative estimate of drug-likeness (QED) is 0.787. The second kappa shape index (κ2) is 5.99. The van der Waals surface area contributed by atoms with Gasteiger partial charge in [-0.1, -0.05) is 23.4 Å². The third kappa shape index (κ3) is 3.20. The Morgan fingerprint density at radius 1 is 1.43 bits per heavy atom. The lowest BCUT2D eigenvalue weighted by molar-refractivity contribution is -0.115. The van der Waals surface area contributed by atoms with E-state index in [1.165, 1.54) is 25.8 Å². The van der Waals surface area contributed by atoms with Gasteiger partial charge in [0.25, 0.3) is 0 Å². The van der Waals surface area contributed by atoms with E-state index in [0.29, 0.717) is 21.6 Å². The van der Waals surface area contributed by atoms with E-state index in [9.17, 15) is 13.2 Å². The summed E-state index contributed by atoms with van der Waals surface area (Å²) in [6.45, 7) is 1.37. The highest BCUT2D eigenvalue weighted by Gasteiger charge is 2.49. The van der Waals surface area contributed by atoms with Crippen molar-refractivity contribution in [1.82, 2.24) is 0 Å². The molecule has 2 atom stereocenters. The summed E-state index contributed by atoms with van der Waals surface area (Å²) in [4.78, 5) is 17.2. The molecule has 2 heterocycles. The van der Waals surface area contributed by atoms with Crippen molar-refractivity contribution < 1.29 is 17.9 Å². The first-order valence-electron chi connectivity index (χ1n) is 6.90. The van der Waals surface area contributed by atoms with Crippen molar-refractivity contribution in [2.24, 2.45) is 4.99 Å². The predicted octanol–water partition coefficient (Wildman–Crippen LogP) is 1.97. The zero-order valence-corrected chi connectivity index (χ0v) is 14.9. The minimum Gasteiger partial charge on any atom is -0.495 e. The van der Waals surface area contributed by atoms with Crippen molar-refractivity contribution >= 4 is 50.0 Å². The molecular weight excluding hydrogens is 360 g/mol. The molecule has 0 radical (unpaired) electrons. The van der Waals surface area contributed by atoms with Gasteiger partial charge in [0.05, 0.1) is 29.7 Å². The van der Waals surface area contributed by atoms with E-state index in [1.54, 1.807) is 23.1 Å². The number of rotatable bonds is 2. The highest BCUT2D eigenvalue weighted by atomic mass is 35.5. The van der Waals surface area contributed by atoms with Gasteiger partial charge in [-0.15, -0.1) is 0 Å². The highest BCUT2D eigenvalue weighted by Crippen LogP contribution is 2.42. The molecule has 124 valence electrons. The summed E-state index contributed by atoms with van der Waals surface area (Å²) in [5.74, 6) is 0.355. The fraction of sp³-hybridized carbons (Fsp3) is 0.429. The van der Waals surface area contributed by atoms with Crippen LogP contribution in [0.2, 0.25) is 5.02 Å². The van der Waals surface area contributed by atoms with Crippen LogP contribution in [0.4, 0.5) is 5.69 Å². The van der Waals surface area contributed by atoms with Crippen LogP contribution in [-0.2, 0) is 14.6 Å². The molecule has 0 spiro atoms. The van der Waals surface area contributed by atoms with Crippen molar-refractivity contribution in [2.75, 3.05) is 23.5 Å². The largest absolute Gasteiger partial charge is 0.495 e. The van der Waals surface area contributed by atoms with Gasteiger partial charge in [0.15, 0.2) is 15.0 Å². The Balaban J connectivity index is 2.04. The summed E-state index contributed by atoms with van der Waals surface area (Å²) in [6.07, 6.45) is 0. The molecule has 1 aromatic rings. The maximum atomic E-state index is 11.9. The third-order valence-corrected chi connectivity index (χ3v) is 7.24. The number of amides is 1. The van der Waals surface area contributed by atoms with Crippen LogP contribution >= 0.6 is 23.4 Å². The first-order valence-corrected chi connectivity index (χ1v) is 9.98. The first kappa shape index (κ1) is 16.6. The Bertz CT molecular complexity index is 794. The number of amidine groups is 1. The summed E-state index contributed by atoms with van der Waals surface area (Å²) in [5, 5.41) is 0.809. The molecule has 0 N–H and O–H groups in total. The number of hydrogen-bond acceptors (Lipinski definition) is 5. The van der Waals surface area contributed by atoms with E-state index in [0.717, 1.165) is 0 Å². The van der Waals surface area contributed by atoms with E-state index in [1.807, 2.05) is 0 Å². The molecule has 2 saturated heterocycles. The Morgan fingerprint density at radius 3 is 2.78 bits per heavy atom. The predicted molar refractivity (Wildman–Crippen MR) is 92.4 cm³/mol. The van der Waals surface area contributed by atoms with E-state index < -0.39 is 9.84 Å². The second-order valence-corrected chi connectivity index (χ2v) is 9.17. The van der Waals surface area contributed by atoms with Crippen LogP contribution in [0.15, 0.2) is 23.2 Å². The van der Waals surface area contributed by atoms with Crippen LogP contribution in [0.3, 0.4) is 0 Å². The monoisotopic (exact) mass is 374 g/mol. The topological polar surface area (TPSA) is 76.0 Å². The molecule has 1 aromatic carbocycles. The smallest absolute Gasteiger partial charge is 0.244 e. The van der Waals surface area contributed by atoms with Crippen molar-refractivity contribution in [3.05, 3.63) is 23.2 Å². The lowest BCUT2D eigenvalue weighted by Crippen LogP contribution is -2.37. The van der Waals surface area contributed by atoms with Crippen LogP contribution < -0.4 is 9.64 Å². The molecule has 0 aliphatic carbocycles. The average Bonchev–Trinajstić information content (AvgIpc) is 2.88. The molecule has 0 bridgehead atoms. The number of ether oxygens (including phenoxy) is 1. The summed E-state index contributed by atoms with van der Waals surface area (Å²) < 4.78 is 29.0. The number of hydrogen-bond donors (Lipinski definition) is 0. The number of methoxy groups -OCH3 is 1. The number of halogens is 1. The Kier molecular flexibility index (Phi) is 4.33. The standard InChI is InChI=1S/C14H15ClN2O4S2/c1-8(18)16-14-17(9-3-4-12(21-2)10(15)5-9)11-6-23(19,20)7-13(11)22-14/h3-5,11,13H,6-7H2,1-2H3. The number of fused-ring (bicyclic) bond motifs is 1. The number of carbonyl (C=O) groups excluding carboxylic acids is 1. The SMILES string of the molecule is COc1ccc(N2C(=NC(C)=O)SC3CS(=O)(=O)CC32)cc1Cl. The maximum absolute atomic E-state index is 11.9. The normalized spacial score (nSPS) is 27.3. The van der Waals surface area contributed by atoms with Gasteiger partial charge >= 0.3 is 0 Å². The molecule has 1 amide bonds. The number of nitrogens with zero attached hydrogens (tertiary/aromatic N) is 2. The zero-order chi connectivity index (χ0) is 16.8. The first-order chi connectivity index (χ1) is 10.8. The summed E-state index contributed by atoms with van der Waals surface area (Å²) in [7, 11) is -1.56. The van der Waals surface area contributed by atoms with Gasteiger partial charge in [-0.05, 0) is 18.2 Å². The number of benzene rings is 1. The van der Waals surface area contributed by atoms with Crippen LogP contribution in [-0.4, -0.2) is 49.4 Å². The van der Waals surface area contributed by atoms with Crippen LogP contribution in [0.1, 0.15) is 6.92 Å². The Morgan fingerprint density at radius 2 is 2.17 bits per heavy atom. The number of carbonyl (C=O) groups is 1. The van der Waals surface area contributed by atoms with Crippen molar-refractivity contribution in [1.29, 1.82) is 0 Å². The van der Waals surface area contributed by atoms with Crippen molar-refractivity contribution in [2.45, 2.75) is 18.2 Å². The molecule has 2 aliphatic rings. The van der Waals surface area contributed by atoms with Crippen LogP contribution in [0.25, 0.3) is 0 Å². The fourth-order valence-electron chi connectivity index (χ4n) is 2.81. The van der Waals surface area contributed by atoms with Crippen molar-refractivity contribution in [3.8, 4) is 5.75 Å². The minimum absolute atomic E-state index is 0.0469. The van der Waals surface area contributed by atoms with E-state index in [2.05, 4.69) is 4.99 Å². The Labute approximate surface area is 143 Å². The van der Waals surface area contributed by atoms with Gasteiger partial charge in [0.2, 0.25) is 5.91 Å². The summed E-state index contributed by atoms with van der Waals surface area (Å²) in [5.41, 5.74) is 0.702. The van der Waals surface area contributed by atoms with E-state index in [-0.39, 0.29) is 28.7 Å². The van der Waals surface area contributed by atoms with Crippen LogP contribution in [0.5, 0.6) is 5.75 Å². The highest BCUT2D eigenvalue weighted by molar-refractivity contribution is 8.16. The molecule has 0 aromatic heterocycles. The summed E-state index contributed by atoms with van der Waals surface area (Å²) in [6, 6.07) is 4.95. The minimum atomic E-state index is -3.08. The lowest BCUT2D eigenvalue weighted by Gasteiger charge is -2.24. The van der Waals surface area contributed by atoms with Gasteiger partial charge in [-0.3, -0.25) is 4.79 Å². The fourth-order valence-corrected chi connectivity index (χ4v) is 7.02. The molecule has 2 unspecified atom stereocenters. The molecule has 23 heavy (non-hydrogen) atoms. The number of anilines is 1. The van der Waals surface area contributed by atoms with Gasteiger partial charge < -0.3 is 9.64 Å². The Hall–Kier alpha value is -1.25.